The Hall–Kier alpha value is -2.37. The zero-order chi connectivity index (χ0) is 18.1. The summed E-state index contributed by atoms with van der Waals surface area (Å²) in [6.07, 6.45) is 6.99. The van der Waals surface area contributed by atoms with Crippen LogP contribution in [0.3, 0.4) is 0 Å². The van der Waals surface area contributed by atoms with E-state index in [4.69, 9.17) is 4.74 Å². The summed E-state index contributed by atoms with van der Waals surface area (Å²) < 4.78 is 4.95. The summed E-state index contributed by atoms with van der Waals surface area (Å²) in [7, 11) is 0. The number of carbonyl (C=O) groups excluding carboxylic acids is 3. The molecule has 2 N–H and O–H groups in total. The van der Waals surface area contributed by atoms with Gasteiger partial charge in [0.1, 0.15) is 0 Å². The minimum absolute atomic E-state index is 0.405. The molecule has 0 heterocycles. The van der Waals surface area contributed by atoms with E-state index in [1.165, 1.54) is 37.7 Å². The van der Waals surface area contributed by atoms with Crippen LogP contribution in [-0.4, -0.2) is 31.1 Å². The van der Waals surface area contributed by atoms with Gasteiger partial charge in [0.05, 0.1) is 5.56 Å². The highest BCUT2D eigenvalue weighted by Crippen LogP contribution is 2.32. The summed E-state index contributed by atoms with van der Waals surface area (Å²) in [5.41, 5.74) is 1.66. The highest BCUT2D eigenvalue weighted by molar-refractivity contribution is 5.97. The van der Waals surface area contributed by atoms with E-state index in [0.717, 1.165) is 6.42 Å². The van der Waals surface area contributed by atoms with Crippen LogP contribution in [-0.2, 0) is 9.53 Å². The lowest BCUT2D eigenvalue weighted by Crippen LogP contribution is -2.41. The van der Waals surface area contributed by atoms with Crippen molar-refractivity contribution in [2.24, 2.45) is 0 Å². The van der Waals surface area contributed by atoms with E-state index in [1.54, 1.807) is 12.1 Å². The lowest BCUT2D eigenvalue weighted by molar-refractivity contribution is -0.123. The zero-order valence-electron chi connectivity index (χ0n) is 14.7. The van der Waals surface area contributed by atoms with Crippen molar-refractivity contribution in [3.8, 4) is 0 Å². The molecule has 0 atom stereocenters. The van der Waals surface area contributed by atoms with E-state index in [0.29, 0.717) is 18.0 Å². The molecule has 0 aromatic heterocycles. The van der Waals surface area contributed by atoms with E-state index < -0.39 is 24.5 Å². The van der Waals surface area contributed by atoms with Gasteiger partial charge in [-0.1, -0.05) is 38.3 Å². The number of imide groups is 1. The molecule has 0 radical (unpaired) electrons. The Balaban J connectivity index is 1.78. The molecule has 1 aliphatic rings. The fraction of sp³-hybridized carbons (Fsp3) is 0.526. The highest BCUT2D eigenvalue weighted by Gasteiger charge is 2.17. The Morgan fingerprint density at radius 1 is 1.08 bits per heavy atom. The van der Waals surface area contributed by atoms with Crippen molar-refractivity contribution >= 4 is 17.9 Å². The third kappa shape index (κ3) is 6.21. The van der Waals surface area contributed by atoms with Gasteiger partial charge in [0, 0.05) is 6.54 Å². The average molecular weight is 346 g/mol. The van der Waals surface area contributed by atoms with Crippen LogP contribution in [0.25, 0.3) is 0 Å². The molecule has 3 amide bonds. The summed E-state index contributed by atoms with van der Waals surface area (Å²) in [5.74, 6) is -0.647. The predicted molar refractivity (Wildman–Crippen MR) is 94.4 cm³/mol. The average Bonchev–Trinajstić information content (AvgIpc) is 2.65. The molecular weight excluding hydrogens is 320 g/mol. The van der Waals surface area contributed by atoms with Gasteiger partial charge in [0.2, 0.25) is 0 Å². The third-order valence-corrected chi connectivity index (χ3v) is 4.35. The predicted octanol–water partition coefficient (Wildman–Crippen LogP) is 3.13. The van der Waals surface area contributed by atoms with Crippen LogP contribution in [0.15, 0.2) is 24.3 Å². The van der Waals surface area contributed by atoms with Crippen molar-refractivity contribution in [2.45, 2.75) is 51.4 Å². The van der Waals surface area contributed by atoms with Crippen molar-refractivity contribution in [1.82, 2.24) is 10.6 Å². The van der Waals surface area contributed by atoms with E-state index in [9.17, 15) is 14.4 Å². The topological polar surface area (TPSA) is 84.5 Å². The molecule has 0 spiro atoms. The summed E-state index contributed by atoms with van der Waals surface area (Å²) in [4.78, 5) is 34.9. The molecule has 0 bridgehead atoms. The number of hydrogen-bond acceptors (Lipinski definition) is 4. The molecule has 1 saturated carbocycles. The van der Waals surface area contributed by atoms with Crippen molar-refractivity contribution in [3.63, 3.8) is 0 Å². The second-order valence-corrected chi connectivity index (χ2v) is 6.34. The Morgan fingerprint density at radius 3 is 2.40 bits per heavy atom. The van der Waals surface area contributed by atoms with Gasteiger partial charge in [-0.25, -0.2) is 9.59 Å². The Kier molecular flexibility index (Phi) is 7.44. The van der Waals surface area contributed by atoms with Crippen LogP contribution in [0, 0.1) is 0 Å². The Bertz CT molecular complexity index is 592. The summed E-state index contributed by atoms with van der Waals surface area (Å²) in [6.45, 7) is 1.90. The fourth-order valence-electron chi connectivity index (χ4n) is 2.99. The second-order valence-electron chi connectivity index (χ2n) is 6.34. The highest BCUT2D eigenvalue weighted by atomic mass is 16.5. The van der Waals surface area contributed by atoms with Gasteiger partial charge in [-0.05, 0) is 42.9 Å². The maximum absolute atomic E-state index is 12.0. The normalized spacial score (nSPS) is 14.6. The molecule has 0 aliphatic heterocycles. The van der Waals surface area contributed by atoms with Crippen LogP contribution >= 0.6 is 0 Å². The van der Waals surface area contributed by atoms with Crippen molar-refractivity contribution in [2.75, 3.05) is 13.2 Å². The molecule has 6 heteroatoms. The SMILES string of the molecule is CCCNC(=O)NC(=O)COC(=O)c1ccc(C2CCCCC2)cc1. The van der Waals surface area contributed by atoms with Crippen LogP contribution < -0.4 is 10.6 Å². The lowest BCUT2D eigenvalue weighted by Gasteiger charge is -2.21. The van der Waals surface area contributed by atoms with E-state index in [-0.39, 0.29) is 0 Å². The monoisotopic (exact) mass is 346 g/mol. The lowest BCUT2D eigenvalue weighted by atomic mass is 9.84. The van der Waals surface area contributed by atoms with Crippen molar-refractivity contribution in [3.05, 3.63) is 35.4 Å². The minimum atomic E-state index is -0.652. The van der Waals surface area contributed by atoms with Gasteiger partial charge in [0.15, 0.2) is 6.61 Å². The molecule has 0 saturated heterocycles. The summed E-state index contributed by atoms with van der Waals surface area (Å²) in [5, 5.41) is 4.62. The first-order chi connectivity index (χ1) is 12.1. The molecule has 1 aromatic carbocycles. The number of rotatable bonds is 6. The van der Waals surface area contributed by atoms with Gasteiger partial charge in [-0.2, -0.15) is 0 Å². The number of nitrogens with one attached hydrogen (secondary N) is 2. The van der Waals surface area contributed by atoms with Crippen LogP contribution in [0.2, 0.25) is 0 Å². The smallest absolute Gasteiger partial charge is 0.338 e. The number of carbonyl (C=O) groups is 3. The third-order valence-electron chi connectivity index (χ3n) is 4.35. The van der Waals surface area contributed by atoms with Gasteiger partial charge < -0.3 is 10.1 Å². The molecule has 1 aliphatic carbocycles. The van der Waals surface area contributed by atoms with Crippen LogP contribution in [0.4, 0.5) is 4.79 Å². The minimum Gasteiger partial charge on any atom is -0.452 e. The second kappa shape index (κ2) is 9.81. The number of hydrogen-bond donors (Lipinski definition) is 2. The first kappa shape index (κ1) is 19.0. The summed E-state index contributed by atoms with van der Waals surface area (Å²) in [6, 6.07) is 6.81. The standard InChI is InChI=1S/C19H26N2O4/c1-2-12-20-19(24)21-17(22)13-25-18(23)16-10-8-15(9-11-16)14-6-4-3-5-7-14/h8-11,14H,2-7,12-13H2,1H3,(H2,20,21,22,24). The van der Waals surface area contributed by atoms with Gasteiger partial charge in [-0.3, -0.25) is 10.1 Å². The van der Waals surface area contributed by atoms with Gasteiger partial charge in [-0.15, -0.1) is 0 Å². The number of amides is 3. The van der Waals surface area contributed by atoms with Crippen LogP contribution in [0.1, 0.15) is 67.3 Å². The molecule has 1 aromatic rings. The zero-order valence-corrected chi connectivity index (χ0v) is 14.7. The molecule has 0 unspecified atom stereocenters. The van der Waals surface area contributed by atoms with Gasteiger partial charge >= 0.3 is 12.0 Å². The van der Waals surface area contributed by atoms with Crippen LogP contribution in [0.5, 0.6) is 0 Å². The Labute approximate surface area is 148 Å². The number of benzene rings is 1. The molecule has 2 rings (SSSR count). The molecule has 136 valence electrons. The largest absolute Gasteiger partial charge is 0.452 e. The molecule has 1 fully saturated rings. The molecule has 6 nitrogen and oxygen atoms in total. The first-order valence-electron chi connectivity index (χ1n) is 8.95. The number of ether oxygens (including phenoxy) is 1. The van der Waals surface area contributed by atoms with E-state index in [1.807, 2.05) is 19.1 Å². The fourth-order valence-corrected chi connectivity index (χ4v) is 2.99. The Morgan fingerprint density at radius 2 is 1.76 bits per heavy atom. The summed E-state index contributed by atoms with van der Waals surface area (Å²) >= 11 is 0. The quantitative estimate of drug-likeness (QED) is 0.775. The van der Waals surface area contributed by atoms with E-state index in [2.05, 4.69) is 10.6 Å². The van der Waals surface area contributed by atoms with Crippen molar-refractivity contribution in [1.29, 1.82) is 0 Å². The van der Waals surface area contributed by atoms with Crippen molar-refractivity contribution < 1.29 is 19.1 Å². The van der Waals surface area contributed by atoms with E-state index >= 15 is 0 Å². The first-order valence-corrected chi connectivity index (χ1v) is 8.95. The number of urea groups is 1. The maximum atomic E-state index is 12.0. The molecule has 25 heavy (non-hydrogen) atoms. The number of esters is 1. The molecular formula is C19H26N2O4. The van der Waals surface area contributed by atoms with Gasteiger partial charge in [0.25, 0.3) is 5.91 Å². The maximum Gasteiger partial charge on any atom is 0.338 e.